The molecule has 0 unspecified atom stereocenters. The molecule has 0 atom stereocenters. The molecule has 0 aliphatic carbocycles. The minimum absolute atomic E-state index is 0.0384. The summed E-state index contributed by atoms with van der Waals surface area (Å²) in [6.45, 7) is -0.502. The first-order chi connectivity index (χ1) is 11.6. The standard InChI is InChI=1S/C17H15ClN2O4/c18-14-9-5-4-8-13(14)10-16(22)24-11-15(21)19-20-17(23)12-6-2-1-3-7-12/h1-9H,10-11H2,(H,19,21)(H,20,23). The van der Waals surface area contributed by atoms with Crippen molar-refractivity contribution in [2.45, 2.75) is 6.42 Å². The molecule has 0 saturated carbocycles. The van der Waals surface area contributed by atoms with Crippen LogP contribution in [0.1, 0.15) is 15.9 Å². The van der Waals surface area contributed by atoms with Gasteiger partial charge in [-0.25, -0.2) is 0 Å². The van der Waals surface area contributed by atoms with Gasteiger partial charge in [-0.2, -0.15) is 0 Å². The monoisotopic (exact) mass is 346 g/mol. The minimum atomic E-state index is -0.646. The van der Waals surface area contributed by atoms with Crippen LogP contribution >= 0.6 is 11.6 Å². The van der Waals surface area contributed by atoms with Crippen molar-refractivity contribution in [2.24, 2.45) is 0 Å². The summed E-state index contributed by atoms with van der Waals surface area (Å²) in [5.41, 5.74) is 5.41. The first-order valence-electron chi connectivity index (χ1n) is 7.09. The molecule has 2 N–H and O–H groups in total. The second kappa shape index (κ2) is 8.69. The maximum absolute atomic E-state index is 11.7. The molecular weight excluding hydrogens is 332 g/mol. The third-order valence-electron chi connectivity index (χ3n) is 3.01. The van der Waals surface area contributed by atoms with Crippen LogP contribution in [0.5, 0.6) is 0 Å². The number of hydrazine groups is 1. The highest BCUT2D eigenvalue weighted by Crippen LogP contribution is 2.15. The van der Waals surface area contributed by atoms with Crippen molar-refractivity contribution in [1.82, 2.24) is 10.9 Å². The Morgan fingerprint density at radius 2 is 1.58 bits per heavy atom. The Bertz CT molecular complexity index is 734. The van der Waals surface area contributed by atoms with E-state index in [9.17, 15) is 14.4 Å². The molecule has 2 amide bonds. The summed E-state index contributed by atoms with van der Waals surface area (Å²) in [4.78, 5) is 35.0. The Kier molecular flexibility index (Phi) is 6.33. The fraction of sp³-hybridized carbons (Fsp3) is 0.118. The lowest BCUT2D eigenvalue weighted by Crippen LogP contribution is -2.43. The molecule has 2 rings (SSSR count). The van der Waals surface area contributed by atoms with Crippen LogP contribution in [0.2, 0.25) is 5.02 Å². The second-order valence-corrected chi connectivity index (χ2v) is 5.20. The molecule has 2 aromatic rings. The first kappa shape index (κ1) is 17.5. The lowest BCUT2D eigenvalue weighted by atomic mass is 10.1. The summed E-state index contributed by atoms with van der Waals surface area (Å²) in [5, 5.41) is 0.453. The van der Waals surface area contributed by atoms with Gasteiger partial charge in [0, 0.05) is 10.6 Å². The number of carbonyl (C=O) groups excluding carboxylic acids is 3. The molecule has 6 nitrogen and oxygen atoms in total. The number of hydrogen-bond acceptors (Lipinski definition) is 4. The number of ether oxygens (including phenoxy) is 1. The van der Waals surface area contributed by atoms with Crippen LogP contribution < -0.4 is 10.9 Å². The highest BCUT2D eigenvalue weighted by molar-refractivity contribution is 6.31. The van der Waals surface area contributed by atoms with E-state index < -0.39 is 24.4 Å². The van der Waals surface area contributed by atoms with Crippen molar-refractivity contribution >= 4 is 29.4 Å². The molecule has 0 aliphatic heterocycles. The normalized spacial score (nSPS) is 9.88. The van der Waals surface area contributed by atoms with E-state index in [-0.39, 0.29) is 6.42 Å². The summed E-state index contributed by atoms with van der Waals surface area (Å²) in [6.07, 6.45) is -0.0384. The molecule has 2 aromatic carbocycles. The molecule has 24 heavy (non-hydrogen) atoms. The van der Waals surface area contributed by atoms with Crippen LogP contribution in [0.15, 0.2) is 54.6 Å². The Hall–Kier alpha value is -2.86. The van der Waals surface area contributed by atoms with Gasteiger partial charge in [0.1, 0.15) is 0 Å². The van der Waals surface area contributed by atoms with Crippen LogP contribution in [0.3, 0.4) is 0 Å². The zero-order valence-electron chi connectivity index (χ0n) is 12.6. The van der Waals surface area contributed by atoms with Gasteiger partial charge in [-0.15, -0.1) is 0 Å². The predicted molar refractivity (Wildman–Crippen MR) is 88.2 cm³/mol. The number of nitrogens with one attached hydrogen (secondary N) is 2. The number of halogens is 1. The Balaban J connectivity index is 1.72. The quantitative estimate of drug-likeness (QED) is 0.639. The lowest BCUT2D eigenvalue weighted by molar-refractivity contribution is -0.148. The van der Waals surface area contributed by atoms with Gasteiger partial charge >= 0.3 is 5.97 Å². The van der Waals surface area contributed by atoms with Crippen molar-refractivity contribution in [3.05, 3.63) is 70.7 Å². The molecule has 0 aromatic heterocycles. The smallest absolute Gasteiger partial charge is 0.310 e. The van der Waals surface area contributed by atoms with E-state index in [2.05, 4.69) is 10.9 Å². The van der Waals surface area contributed by atoms with E-state index in [0.29, 0.717) is 16.1 Å². The number of amides is 2. The summed E-state index contributed by atoms with van der Waals surface area (Å²) in [5.74, 6) is -1.70. The van der Waals surface area contributed by atoms with Crippen LogP contribution in [-0.2, 0) is 20.7 Å². The van der Waals surface area contributed by atoms with Crippen molar-refractivity contribution in [3.63, 3.8) is 0 Å². The lowest BCUT2D eigenvalue weighted by Gasteiger charge is -2.08. The second-order valence-electron chi connectivity index (χ2n) is 4.80. The van der Waals surface area contributed by atoms with Gasteiger partial charge in [-0.05, 0) is 23.8 Å². The highest BCUT2D eigenvalue weighted by atomic mass is 35.5. The first-order valence-corrected chi connectivity index (χ1v) is 7.47. The predicted octanol–water partition coefficient (Wildman–Crippen LogP) is 1.89. The third-order valence-corrected chi connectivity index (χ3v) is 3.38. The zero-order valence-corrected chi connectivity index (χ0v) is 13.4. The van der Waals surface area contributed by atoms with Crippen LogP contribution in [-0.4, -0.2) is 24.4 Å². The minimum Gasteiger partial charge on any atom is -0.455 e. The van der Waals surface area contributed by atoms with Gasteiger partial charge in [-0.3, -0.25) is 25.2 Å². The molecule has 0 heterocycles. The largest absolute Gasteiger partial charge is 0.455 e. The summed E-state index contributed by atoms with van der Waals surface area (Å²) in [6, 6.07) is 15.2. The molecule has 7 heteroatoms. The fourth-order valence-corrected chi connectivity index (χ4v) is 2.02. The number of hydrogen-bond donors (Lipinski definition) is 2. The summed E-state index contributed by atoms with van der Waals surface area (Å²) in [7, 11) is 0. The number of rotatable bonds is 5. The average molecular weight is 347 g/mol. The molecule has 0 saturated heterocycles. The van der Waals surface area contributed by atoms with Gasteiger partial charge < -0.3 is 4.74 Å². The summed E-state index contributed by atoms with van der Waals surface area (Å²) < 4.78 is 4.84. The molecular formula is C17H15ClN2O4. The Morgan fingerprint density at radius 3 is 2.29 bits per heavy atom. The molecule has 0 bridgehead atoms. The van der Waals surface area contributed by atoms with Crippen molar-refractivity contribution < 1.29 is 19.1 Å². The third kappa shape index (κ3) is 5.40. The van der Waals surface area contributed by atoms with Crippen LogP contribution in [0.4, 0.5) is 0 Å². The van der Waals surface area contributed by atoms with Gasteiger partial charge in [0.25, 0.3) is 11.8 Å². The molecule has 124 valence electrons. The molecule has 0 radical (unpaired) electrons. The van der Waals surface area contributed by atoms with Crippen molar-refractivity contribution in [3.8, 4) is 0 Å². The number of carbonyl (C=O) groups is 3. The molecule has 0 aliphatic rings. The van der Waals surface area contributed by atoms with Gasteiger partial charge in [0.2, 0.25) is 0 Å². The van der Waals surface area contributed by atoms with E-state index in [1.165, 1.54) is 0 Å². The highest BCUT2D eigenvalue weighted by Gasteiger charge is 2.11. The fourth-order valence-electron chi connectivity index (χ4n) is 1.82. The van der Waals surface area contributed by atoms with Crippen molar-refractivity contribution in [2.75, 3.05) is 6.61 Å². The number of esters is 1. The van der Waals surface area contributed by atoms with Gasteiger partial charge in [0.05, 0.1) is 6.42 Å². The van der Waals surface area contributed by atoms with Crippen LogP contribution in [0, 0.1) is 0 Å². The number of benzene rings is 2. The summed E-state index contributed by atoms with van der Waals surface area (Å²) >= 11 is 5.94. The van der Waals surface area contributed by atoms with Crippen LogP contribution in [0.25, 0.3) is 0 Å². The van der Waals surface area contributed by atoms with E-state index in [4.69, 9.17) is 16.3 Å². The van der Waals surface area contributed by atoms with E-state index in [0.717, 1.165) is 0 Å². The van der Waals surface area contributed by atoms with E-state index >= 15 is 0 Å². The Morgan fingerprint density at radius 1 is 0.917 bits per heavy atom. The van der Waals surface area contributed by atoms with Gasteiger partial charge in [-0.1, -0.05) is 48.0 Å². The van der Waals surface area contributed by atoms with E-state index in [1.54, 1.807) is 54.6 Å². The topological polar surface area (TPSA) is 84.5 Å². The van der Waals surface area contributed by atoms with E-state index in [1.807, 2.05) is 0 Å². The zero-order chi connectivity index (χ0) is 17.4. The Labute approximate surface area is 143 Å². The molecule has 0 spiro atoms. The SMILES string of the molecule is O=C(COC(=O)Cc1ccccc1Cl)NNC(=O)c1ccccc1. The maximum Gasteiger partial charge on any atom is 0.310 e. The van der Waals surface area contributed by atoms with Crippen molar-refractivity contribution in [1.29, 1.82) is 0 Å². The average Bonchev–Trinajstić information content (AvgIpc) is 2.60. The maximum atomic E-state index is 11.7. The molecule has 0 fully saturated rings. The van der Waals surface area contributed by atoms with Gasteiger partial charge in [0.15, 0.2) is 6.61 Å².